The highest BCUT2D eigenvalue weighted by Crippen LogP contribution is 2.20. The van der Waals surface area contributed by atoms with E-state index >= 15 is 0 Å². The van der Waals surface area contributed by atoms with Crippen molar-refractivity contribution in [2.24, 2.45) is 0 Å². The Morgan fingerprint density at radius 3 is 2.85 bits per heavy atom. The van der Waals surface area contributed by atoms with E-state index in [9.17, 15) is 0 Å². The summed E-state index contributed by atoms with van der Waals surface area (Å²) in [5.41, 5.74) is 3.87. The van der Waals surface area contributed by atoms with E-state index in [0.29, 0.717) is 0 Å². The van der Waals surface area contributed by atoms with Gasteiger partial charge in [0.1, 0.15) is 5.69 Å². The molecule has 0 atom stereocenters. The Balaban J connectivity index is 1.96. The van der Waals surface area contributed by atoms with Crippen LogP contribution in [0, 0.1) is 6.92 Å². The first-order valence-corrected chi connectivity index (χ1v) is 6.49. The molecular weight excluding hydrogens is 248 g/mol. The van der Waals surface area contributed by atoms with E-state index in [1.54, 1.807) is 0 Å². The molecule has 0 unspecified atom stereocenters. The number of benzene rings is 1. The van der Waals surface area contributed by atoms with Gasteiger partial charge in [0.15, 0.2) is 11.5 Å². The fourth-order valence-electron chi connectivity index (χ4n) is 2.39. The van der Waals surface area contributed by atoms with Gasteiger partial charge in [0.2, 0.25) is 0 Å². The second-order valence-electron chi connectivity index (χ2n) is 4.85. The molecule has 4 rings (SSSR count). The van der Waals surface area contributed by atoms with Gasteiger partial charge < -0.3 is 0 Å². The van der Waals surface area contributed by atoms with Crippen LogP contribution < -0.4 is 0 Å². The zero-order valence-corrected chi connectivity index (χ0v) is 11.0. The maximum atomic E-state index is 4.69. The zero-order valence-electron chi connectivity index (χ0n) is 11.0. The lowest BCUT2D eigenvalue weighted by Gasteiger charge is -2.02. The molecule has 4 heteroatoms. The van der Waals surface area contributed by atoms with Crippen LogP contribution in [0.2, 0.25) is 0 Å². The molecule has 0 bridgehead atoms. The average Bonchev–Trinajstić information content (AvgIpc) is 2.91. The van der Waals surface area contributed by atoms with Crippen molar-refractivity contribution in [1.29, 1.82) is 0 Å². The van der Waals surface area contributed by atoms with E-state index in [0.717, 1.165) is 28.1 Å². The predicted octanol–water partition coefficient (Wildman–Crippen LogP) is 3.25. The van der Waals surface area contributed by atoms with Crippen LogP contribution >= 0.6 is 0 Å². The number of hydrogen-bond acceptors (Lipinski definition) is 3. The highest BCUT2D eigenvalue weighted by atomic mass is 15.2. The van der Waals surface area contributed by atoms with Crippen molar-refractivity contribution >= 4 is 16.6 Å². The molecule has 0 radical (unpaired) electrons. The first-order valence-electron chi connectivity index (χ1n) is 6.49. The molecule has 0 amide bonds. The quantitative estimate of drug-likeness (QED) is 0.527. The smallest absolute Gasteiger partial charge is 0.187 e. The summed E-state index contributed by atoms with van der Waals surface area (Å²) in [6.07, 6.45) is 1.95. The first kappa shape index (κ1) is 11.1. The Morgan fingerprint density at radius 1 is 0.950 bits per heavy atom. The molecule has 0 saturated heterocycles. The van der Waals surface area contributed by atoms with Gasteiger partial charge >= 0.3 is 0 Å². The summed E-state index contributed by atoms with van der Waals surface area (Å²) < 4.78 is 1.95. The third-order valence-corrected chi connectivity index (χ3v) is 3.39. The molecular formula is C16H12N4. The van der Waals surface area contributed by atoms with Crippen molar-refractivity contribution < 1.29 is 0 Å². The number of aromatic nitrogens is 4. The highest BCUT2D eigenvalue weighted by molar-refractivity contribution is 5.81. The predicted molar refractivity (Wildman–Crippen MR) is 78.5 cm³/mol. The monoisotopic (exact) mass is 260 g/mol. The Hall–Kier alpha value is -2.75. The van der Waals surface area contributed by atoms with E-state index in [4.69, 9.17) is 0 Å². The molecule has 1 aromatic carbocycles. The second-order valence-corrected chi connectivity index (χ2v) is 4.85. The molecule has 20 heavy (non-hydrogen) atoms. The van der Waals surface area contributed by atoms with Gasteiger partial charge in [0.25, 0.3) is 0 Å². The van der Waals surface area contributed by atoms with Crippen molar-refractivity contribution in [1.82, 2.24) is 19.6 Å². The van der Waals surface area contributed by atoms with Gasteiger partial charge in [-0.2, -0.15) is 0 Å². The Morgan fingerprint density at radius 2 is 1.90 bits per heavy atom. The van der Waals surface area contributed by atoms with Gasteiger partial charge in [-0.1, -0.05) is 23.8 Å². The second kappa shape index (κ2) is 4.13. The number of pyridine rings is 2. The molecule has 3 aromatic heterocycles. The Bertz CT molecular complexity index is 924. The molecule has 0 N–H and O–H groups in total. The fraction of sp³-hybridized carbons (Fsp3) is 0.0625. The minimum atomic E-state index is 0.767. The van der Waals surface area contributed by atoms with Crippen LogP contribution in [0.25, 0.3) is 28.1 Å². The molecule has 0 saturated carbocycles. The highest BCUT2D eigenvalue weighted by Gasteiger charge is 2.09. The third-order valence-electron chi connectivity index (χ3n) is 3.39. The van der Waals surface area contributed by atoms with Crippen molar-refractivity contribution in [2.45, 2.75) is 6.92 Å². The Labute approximate surface area is 115 Å². The molecule has 0 aliphatic heterocycles. The number of fused-ring (bicyclic) bond motifs is 2. The van der Waals surface area contributed by atoms with Crippen LogP contribution in [0.4, 0.5) is 0 Å². The summed E-state index contributed by atoms with van der Waals surface area (Å²) in [5, 5.41) is 9.54. The Kier molecular flexibility index (Phi) is 2.29. The van der Waals surface area contributed by atoms with Gasteiger partial charge in [-0.25, -0.2) is 4.98 Å². The molecule has 4 aromatic rings. The van der Waals surface area contributed by atoms with Crippen LogP contribution in [0.15, 0.2) is 54.7 Å². The largest absolute Gasteiger partial charge is 0.281 e. The SMILES string of the molecule is Cc1ccc2nc(-c3nnc4ccccn34)ccc2c1. The molecule has 3 heterocycles. The summed E-state index contributed by atoms with van der Waals surface area (Å²) in [5.74, 6) is 0.767. The normalized spacial score (nSPS) is 11.2. The fourth-order valence-corrected chi connectivity index (χ4v) is 2.39. The number of nitrogens with zero attached hydrogens (tertiary/aromatic N) is 4. The summed E-state index contributed by atoms with van der Waals surface area (Å²) in [6.45, 7) is 2.08. The summed E-state index contributed by atoms with van der Waals surface area (Å²) in [7, 11) is 0. The number of aryl methyl sites for hydroxylation is 1. The van der Waals surface area contributed by atoms with Crippen LogP contribution in [0.3, 0.4) is 0 Å². The van der Waals surface area contributed by atoms with E-state index in [2.05, 4.69) is 40.3 Å². The number of rotatable bonds is 1. The summed E-state index contributed by atoms with van der Waals surface area (Å²) >= 11 is 0. The standard InChI is InChI=1S/C16H12N4/c1-11-5-7-13-12(10-11)6-8-14(17-13)16-19-18-15-4-2-3-9-20(15)16/h2-10H,1H3. The first-order chi connectivity index (χ1) is 9.81. The van der Waals surface area contributed by atoms with Crippen molar-refractivity contribution in [3.05, 3.63) is 60.3 Å². The van der Waals surface area contributed by atoms with Crippen molar-refractivity contribution in [3.8, 4) is 11.5 Å². The molecule has 4 nitrogen and oxygen atoms in total. The van der Waals surface area contributed by atoms with Gasteiger partial charge in [-0.15, -0.1) is 10.2 Å². The van der Waals surface area contributed by atoms with E-state index in [1.165, 1.54) is 5.56 Å². The molecule has 0 aliphatic carbocycles. The zero-order chi connectivity index (χ0) is 13.5. The van der Waals surface area contributed by atoms with Crippen LogP contribution in [-0.2, 0) is 0 Å². The van der Waals surface area contributed by atoms with Crippen molar-refractivity contribution in [3.63, 3.8) is 0 Å². The van der Waals surface area contributed by atoms with E-state index in [1.807, 2.05) is 40.9 Å². The maximum absolute atomic E-state index is 4.69. The lowest BCUT2D eigenvalue weighted by atomic mass is 10.1. The maximum Gasteiger partial charge on any atom is 0.187 e. The molecule has 96 valence electrons. The lowest BCUT2D eigenvalue weighted by Crippen LogP contribution is -1.92. The van der Waals surface area contributed by atoms with Crippen LogP contribution in [0.5, 0.6) is 0 Å². The summed E-state index contributed by atoms with van der Waals surface area (Å²) in [4.78, 5) is 4.69. The lowest BCUT2D eigenvalue weighted by molar-refractivity contribution is 1.10. The minimum absolute atomic E-state index is 0.767. The van der Waals surface area contributed by atoms with Gasteiger partial charge in [0, 0.05) is 11.6 Å². The molecule has 0 spiro atoms. The van der Waals surface area contributed by atoms with Gasteiger partial charge in [-0.3, -0.25) is 4.40 Å². The van der Waals surface area contributed by atoms with E-state index in [-0.39, 0.29) is 0 Å². The molecule has 0 fully saturated rings. The summed E-state index contributed by atoms with van der Waals surface area (Å²) in [6, 6.07) is 16.2. The topological polar surface area (TPSA) is 43.1 Å². The van der Waals surface area contributed by atoms with Crippen LogP contribution in [0.1, 0.15) is 5.56 Å². The third kappa shape index (κ3) is 1.66. The molecule has 0 aliphatic rings. The average molecular weight is 260 g/mol. The van der Waals surface area contributed by atoms with Gasteiger partial charge in [-0.05, 0) is 37.3 Å². The van der Waals surface area contributed by atoms with Gasteiger partial charge in [0.05, 0.1) is 5.52 Å². The van der Waals surface area contributed by atoms with Crippen molar-refractivity contribution in [2.75, 3.05) is 0 Å². The number of hydrogen-bond donors (Lipinski definition) is 0. The van der Waals surface area contributed by atoms with Crippen LogP contribution in [-0.4, -0.2) is 19.6 Å². The minimum Gasteiger partial charge on any atom is -0.281 e. The van der Waals surface area contributed by atoms with E-state index < -0.39 is 0 Å².